The minimum absolute atomic E-state index is 0.186. The molecule has 4 heteroatoms. The van der Waals surface area contributed by atoms with Crippen LogP contribution in [0.5, 0.6) is 0 Å². The molecule has 2 aromatic carbocycles. The lowest BCUT2D eigenvalue weighted by molar-refractivity contribution is 0.0850. The van der Waals surface area contributed by atoms with Gasteiger partial charge in [-0.1, -0.05) is 24.3 Å². The quantitative estimate of drug-likeness (QED) is 0.424. The van der Waals surface area contributed by atoms with Crippen molar-refractivity contribution in [1.29, 1.82) is 0 Å². The highest BCUT2D eigenvalue weighted by atomic mass is 127. The number of ketones is 1. The Hall–Kier alpha value is -0.0800. The third kappa shape index (κ3) is 1.80. The van der Waals surface area contributed by atoms with Crippen molar-refractivity contribution in [2.24, 2.45) is 11.8 Å². The molecule has 3 aliphatic rings. The van der Waals surface area contributed by atoms with Crippen molar-refractivity contribution < 1.29 is 4.79 Å². The van der Waals surface area contributed by atoms with Crippen LogP contribution in [-0.2, 0) is 6.42 Å². The van der Waals surface area contributed by atoms with Gasteiger partial charge >= 0.3 is 0 Å². The van der Waals surface area contributed by atoms with Crippen LogP contribution in [-0.4, -0.2) is 5.78 Å². The minimum atomic E-state index is 0.186. The lowest BCUT2D eigenvalue weighted by Crippen LogP contribution is -2.35. The number of Topliss-reactive ketones (excluding diaryl/α,β-unsaturated/α-hetero) is 1. The van der Waals surface area contributed by atoms with E-state index in [0.29, 0.717) is 22.2 Å². The van der Waals surface area contributed by atoms with Gasteiger partial charge in [0.15, 0.2) is 5.78 Å². The first-order chi connectivity index (χ1) is 10.6. The number of benzene rings is 2. The number of thioether (sulfide) groups is 1. The second-order valence-electron chi connectivity index (χ2n) is 6.28. The van der Waals surface area contributed by atoms with Crippen LogP contribution in [0.4, 0.5) is 0 Å². The maximum absolute atomic E-state index is 13.2. The summed E-state index contributed by atoms with van der Waals surface area (Å²) in [5.74, 6) is 1.06. The molecular weight excluding hydrogens is 518 g/mol. The average molecular weight is 530 g/mol. The van der Waals surface area contributed by atoms with Crippen LogP contribution in [0.1, 0.15) is 37.5 Å². The molecule has 1 fully saturated rings. The molecule has 2 bridgehead atoms. The average Bonchev–Trinajstić information content (AvgIpc) is 3.06. The van der Waals surface area contributed by atoms with Gasteiger partial charge in [-0.15, -0.1) is 11.8 Å². The molecule has 0 radical (unpaired) electrons. The normalized spacial score (nSPS) is 30.9. The van der Waals surface area contributed by atoms with Gasteiger partial charge in [0, 0.05) is 29.1 Å². The molecule has 0 amide bonds. The van der Waals surface area contributed by atoms with Crippen molar-refractivity contribution in [1.82, 2.24) is 0 Å². The summed E-state index contributed by atoms with van der Waals surface area (Å²) >= 11 is 6.75. The van der Waals surface area contributed by atoms with E-state index in [4.69, 9.17) is 0 Å². The third-order valence-electron chi connectivity index (χ3n) is 5.25. The first kappa shape index (κ1) is 14.3. The standard InChI is InChI=1S/C18H12I2OS/c19-8-5-12-11(14(20)6-8)7-13-15(16(12)21)18-10-4-2-1-3-9(10)17(13)22-18/h1-6,13,15,17-18H,7H2. The Balaban J connectivity index is 1.68. The molecule has 4 unspecified atom stereocenters. The van der Waals surface area contributed by atoms with E-state index in [0.717, 1.165) is 12.0 Å². The van der Waals surface area contributed by atoms with Crippen LogP contribution >= 0.6 is 56.9 Å². The predicted molar refractivity (Wildman–Crippen MR) is 106 cm³/mol. The number of carbonyl (C=O) groups excluding carboxylic acids is 1. The lowest BCUT2D eigenvalue weighted by atomic mass is 9.66. The van der Waals surface area contributed by atoms with Gasteiger partial charge in [0.05, 0.1) is 0 Å². The number of hydrogen-bond donors (Lipinski definition) is 0. The fraction of sp³-hybridized carbons (Fsp3) is 0.278. The molecule has 2 aliphatic heterocycles. The number of rotatable bonds is 0. The molecule has 1 saturated heterocycles. The van der Waals surface area contributed by atoms with Gasteiger partial charge in [-0.2, -0.15) is 0 Å². The van der Waals surface area contributed by atoms with Crippen LogP contribution < -0.4 is 0 Å². The van der Waals surface area contributed by atoms with Crippen molar-refractivity contribution >= 4 is 62.7 Å². The Kier molecular flexibility index (Phi) is 3.22. The fourth-order valence-corrected chi connectivity index (χ4v) is 8.43. The lowest BCUT2D eigenvalue weighted by Gasteiger charge is -2.35. The molecule has 5 rings (SSSR count). The first-order valence-electron chi connectivity index (χ1n) is 7.41. The summed E-state index contributed by atoms with van der Waals surface area (Å²) in [4.78, 5) is 13.2. The van der Waals surface area contributed by atoms with E-state index in [2.05, 4.69) is 81.6 Å². The van der Waals surface area contributed by atoms with E-state index in [9.17, 15) is 4.79 Å². The minimum Gasteiger partial charge on any atom is -0.294 e. The fourth-order valence-electron chi connectivity index (χ4n) is 4.37. The van der Waals surface area contributed by atoms with E-state index in [1.54, 1.807) is 0 Å². The van der Waals surface area contributed by atoms with Crippen molar-refractivity contribution in [3.8, 4) is 0 Å². The zero-order valence-electron chi connectivity index (χ0n) is 11.6. The zero-order chi connectivity index (χ0) is 15.0. The maximum atomic E-state index is 13.2. The van der Waals surface area contributed by atoms with Crippen LogP contribution in [0.15, 0.2) is 36.4 Å². The molecule has 22 heavy (non-hydrogen) atoms. The van der Waals surface area contributed by atoms with Gasteiger partial charge in [0.2, 0.25) is 0 Å². The van der Waals surface area contributed by atoms with Gasteiger partial charge in [-0.25, -0.2) is 0 Å². The van der Waals surface area contributed by atoms with Gasteiger partial charge in [0.1, 0.15) is 0 Å². The van der Waals surface area contributed by atoms with Gasteiger partial charge in [-0.05, 0) is 86.3 Å². The maximum Gasteiger partial charge on any atom is 0.168 e. The second kappa shape index (κ2) is 4.96. The Morgan fingerprint density at radius 3 is 2.55 bits per heavy atom. The van der Waals surface area contributed by atoms with Crippen molar-refractivity contribution in [2.45, 2.75) is 16.9 Å². The molecule has 2 heterocycles. The molecule has 1 nitrogen and oxygen atoms in total. The van der Waals surface area contributed by atoms with Gasteiger partial charge in [0.25, 0.3) is 0 Å². The van der Waals surface area contributed by atoms with Crippen molar-refractivity contribution in [2.75, 3.05) is 0 Å². The van der Waals surface area contributed by atoms with E-state index >= 15 is 0 Å². The smallest absolute Gasteiger partial charge is 0.168 e. The van der Waals surface area contributed by atoms with Gasteiger partial charge < -0.3 is 0 Å². The molecule has 1 aliphatic carbocycles. The van der Waals surface area contributed by atoms with Crippen LogP contribution in [0.3, 0.4) is 0 Å². The molecule has 2 aromatic rings. The summed E-state index contributed by atoms with van der Waals surface area (Å²) in [5.41, 5.74) is 5.17. The predicted octanol–water partition coefficient (Wildman–Crippen LogP) is 5.41. The SMILES string of the molecule is O=C1c2cc(I)cc(I)c2CC2C3SC(c4ccccc43)C12. The number of fused-ring (bicyclic) bond motifs is 9. The number of hydrogen-bond acceptors (Lipinski definition) is 2. The Bertz CT molecular complexity index is 832. The third-order valence-corrected chi connectivity index (χ3v) is 8.57. The Morgan fingerprint density at radius 1 is 1.05 bits per heavy atom. The van der Waals surface area contributed by atoms with Crippen LogP contribution in [0.2, 0.25) is 0 Å². The molecule has 0 N–H and O–H groups in total. The molecule has 4 atom stereocenters. The highest BCUT2D eigenvalue weighted by molar-refractivity contribution is 14.1. The summed E-state index contributed by atoms with van der Waals surface area (Å²) in [5, 5.41) is 0.890. The monoisotopic (exact) mass is 530 g/mol. The highest BCUT2D eigenvalue weighted by Crippen LogP contribution is 2.68. The van der Waals surface area contributed by atoms with Crippen LogP contribution in [0.25, 0.3) is 0 Å². The molecule has 0 saturated carbocycles. The van der Waals surface area contributed by atoms with E-state index < -0.39 is 0 Å². The number of carbonyl (C=O) groups is 1. The molecule has 110 valence electrons. The number of halogens is 2. The Morgan fingerprint density at radius 2 is 1.77 bits per heavy atom. The van der Waals surface area contributed by atoms with Crippen molar-refractivity contribution in [3.63, 3.8) is 0 Å². The highest BCUT2D eigenvalue weighted by Gasteiger charge is 2.56. The van der Waals surface area contributed by atoms with Gasteiger partial charge in [-0.3, -0.25) is 4.79 Å². The summed E-state index contributed by atoms with van der Waals surface area (Å²) in [6, 6.07) is 13.0. The summed E-state index contributed by atoms with van der Waals surface area (Å²) in [6.45, 7) is 0. The van der Waals surface area contributed by atoms with Crippen molar-refractivity contribution in [3.05, 3.63) is 65.8 Å². The largest absolute Gasteiger partial charge is 0.294 e. The summed E-state index contributed by atoms with van der Waals surface area (Å²) in [7, 11) is 0. The van der Waals surface area contributed by atoms with E-state index in [1.165, 1.54) is 23.8 Å². The summed E-state index contributed by atoms with van der Waals surface area (Å²) < 4.78 is 2.43. The molecule has 0 spiro atoms. The van der Waals surface area contributed by atoms with E-state index in [-0.39, 0.29) is 5.92 Å². The summed E-state index contributed by atoms with van der Waals surface area (Å²) in [6.07, 6.45) is 1.06. The molecular formula is C18H12I2OS. The van der Waals surface area contributed by atoms with E-state index in [1.807, 2.05) is 11.8 Å². The van der Waals surface area contributed by atoms with Crippen LogP contribution in [0, 0.1) is 19.0 Å². The zero-order valence-corrected chi connectivity index (χ0v) is 16.7. The molecule has 0 aromatic heterocycles. The second-order valence-corrected chi connectivity index (χ2v) is 9.97. The first-order valence-corrected chi connectivity index (χ1v) is 10.5. The topological polar surface area (TPSA) is 17.1 Å². The Labute approximate surface area is 160 Å².